The number of phenols is 2. The first kappa shape index (κ1) is 14.4. The van der Waals surface area contributed by atoms with Gasteiger partial charge in [-0.3, -0.25) is 0 Å². The minimum absolute atomic E-state index is 0.109. The summed E-state index contributed by atoms with van der Waals surface area (Å²) in [5.74, 6) is -0.218. The molecule has 0 bridgehead atoms. The second-order valence-corrected chi connectivity index (χ2v) is 7.76. The minimum atomic E-state index is -3.15. The number of hydrogen-bond acceptors (Lipinski definition) is 3. The van der Waals surface area contributed by atoms with Crippen molar-refractivity contribution < 1.29 is 14.8 Å². The molecule has 110 valence electrons. The molecule has 0 atom stereocenters. The van der Waals surface area contributed by atoms with E-state index in [1.54, 1.807) is 24.3 Å². The van der Waals surface area contributed by atoms with Crippen LogP contribution in [-0.2, 0) is 4.57 Å². The molecule has 0 aliphatic heterocycles. The maximum atomic E-state index is 13.9. The van der Waals surface area contributed by atoms with Crippen molar-refractivity contribution in [1.82, 2.24) is 0 Å². The molecule has 2 N–H and O–H groups in total. The summed E-state index contributed by atoms with van der Waals surface area (Å²) in [4.78, 5) is 0. The SMILES string of the molecule is O=P(c1ccccc1)(c1ccccc1)c1cc(O)cc(O)c1. The molecule has 3 aromatic rings. The maximum Gasteiger partial charge on any atom is 0.171 e. The largest absolute Gasteiger partial charge is 0.508 e. The van der Waals surface area contributed by atoms with Gasteiger partial charge in [-0.25, -0.2) is 0 Å². The van der Waals surface area contributed by atoms with E-state index in [0.717, 1.165) is 0 Å². The van der Waals surface area contributed by atoms with Crippen molar-refractivity contribution in [3.05, 3.63) is 78.9 Å². The molecule has 0 spiro atoms. The quantitative estimate of drug-likeness (QED) is 0.731. The van der Waals surface area contributed by atoms with Gasteiger partial charge in [0.15, 0.2) is 7.14 Å². The first-order valence-electron chi connectivity index (χ1n) is 6.85. The van der Waals surface area contributed by atoms with Crippen molar-refractivity contribution in [2.45, 2.75) is 0 Å². The van der Waals surface area contributed by atoms with E-state index in [9.17, 15) is 14.8 Å². The maximum absolute atomic E-state index is 13.9. The highest BCUT2D eigenvalue weighted by atomic mass is 31.2. The second kappa shape index (κ2) is 5.70. The summed E-state index contributed by atoms with van der Waals surface area (Å²) in [7, 11) is -3.15. The Morgan fingerprint density at radius 1 is 0.591 bits per heavy atom. The zero-order valence-electron chi connectivity index (χ0n) is 11.8. The number of aromatic hydroxyl groups is 2. The van der Waals surface area contributed by atoms with Gasteiger partial charge in [0.05, 0.1) is 0 Å². The molecule has 22 heavy (non-hydrogen) atoms. The van der Waals surface area contributed by atoms with Crippen LogP contribution in [0.5, 0.6) is 11.5 Å². The van der Waals surface area contributed by atoms with Gasteiger partial charge in [-0.15, -0.1) is 0 Å². The fourth-order valence-electron chi connectivity index (χ4n) is 2.48. The van der Waals surface area contributed by atoms with Crippen LogP contribution in [-0.4, -0.2) is 10.2 Å². The van der Waals surface area contributed by atoms with Crippen LogP contribution in [0.4, 0.5) is 0 Å². The second-order valence-electron chi connectivity index (χ2n) is 4.99. The highest BCUT2D eigenvalue weighted by Gasteiger charge is 2.30. The number of phenolic OH excluding ortho intramolecular Hbond substituents is 2. The van der Waals surface area contributed by atoms with Gasteiger partial charge >= 0.3 is 0 Å². The van der Waals surface area contributed by atoms with Gasteiger partial charge in [-0.1, -0.05) is 60.7 Å². The summed E-state index contributed by atoms with van der Waals surface area (Å²) < 4.78 is 13.9. The zero-order valence-corrected chi connectivity index (χ0v) is 12.6. The molecule has 0 radical (unpaired) electrons. The molecule has 0 saturated heterocycles. The van der Waals surface area contributed by atoms with Crippen molar-refractivity contribution in [3.8, 4) is 11.5 Å². The predicted octanol–water partition coefficient (Wildman–Crippen LogP) is 2.74. The van der Waals surface area contributed by atoms with Crippen LogP contribution in [0.3, 0.4) is 0 Å². The molecule has 3 aromatic carbocycles. The predicted molar refractivity (Wildman–Crippen MR) is 89.2 cm³/mol. The Labute approximate surface area is 128 Å². The minimum Gasteiger partial charge on any atom is -0.508 e. The number of hydrogen-bond donors (Lipinski definition) is 2. The third-order valence-corrected chi connectivity index (χ3v) is 6.53. The zero-order chi connectivity index (χ0) is 15.6. The van der Waals surface area contributed by atoms with E-state index in [-0.39, 0.29) is 11.5 Å². The van der Waals surface area contributed by atoms with Gasteiger partial charge < -0.3 is 14.8 Å². The van der Waals surface area contributed by atoms with Gasteiger partial charge in [-0.05, 0) is 12.1 Å². The lowest BCUT2D eigenvalue weighted by atomic mass is 10.3. The van der Waals surface area contributed by atoms with E-state index in [2.05, 4.69) is 0 Å². The summed E-state index contributed by atoms with van der Waals surface area (Å²) in [6.45, 7) is 0. The van der Waals surface area contributed by atoms with Crippen molar-refractivity contribution in [3.63, 3.8) is 0 Å². The summed E-state index contributed by atoms with van der Waals surface area (Å²) in [6, 6.07) is 22.3. The van der Waals surface area contributed by atoms with Crippen LogP contribution in [0.25, 0.3) is 0 Å². The molecule has 3 nitrogen and oxygen atoms in total. The fraction of sp³-hybridized carbons (Fsp3) is 0. The summed E-state index contributed by atoms with van der Waals surface area (Å²) in [6.07, 6.45) is 0. The summed E-state index contributed by atoms with van der Waals surface area (Å²) >= 11 is 0. The monoisotopic (exact) mass is 310 g/mol. The summed E-state index contributed by atoms with van der Waals surface area (Å²) in [5, 5.41) is 21.3. The third kappa shape index (κ3) is 2.51. The Balaban J connectivity index is 2.31. The van der Waals surface area contributed by atoms with E-state index in [4.69, 9.17) is 0 Å². The Kier molecular flexibility index (Phi) is 3.74. The molecular weight excluding hydrogens is 295 g/mol. The fourth-order valence-corrected chi connectivity index (χ4v) is 5.19. The molecule has 0 aliphatic carbocycles. The Bertz CT molecular complexity index is 766. The topological polar surface area (TPSA) is 57.5 Å². The van der Waals surface area contributed by atoms with E-state index in [1.807, 2.05) is 36.4 Å². The normalized spacial score (nSPS) is 11.3. The first-order valence-corrected chi connectivity index (χ1v) is 8.56. The Morgan fingerprint density at radius 3 is 1.41 bits per heavy atom. The molecule has 0 saturated carbocycles. The van der Waals surface area contributed by atoms with E-state index in [1.165, 1.54) is 18.2 Å². The highest BCUT2D eigenvalue weighted by molar-refractivity contribution is 7.85. The van der Waals surface area contributed by atoms with Gasteiger partial charge in [0.1, 0.15) is 11.5 Å². The molecule has 0 fully saturated rings. The highest BCUT2D eigenvalue weighted by Crippen LogP contribution is 2.43. The van der Waals surface area contributed by atoms with E-state index < -0.39 is 7.14 Å². The average Bonchev–Trinajstić information content (AvgIpc) is 2.55. The van der Waals surface area contributed by atoms with Crippen LogP contribution in [0.2, 0.25) is 0 Å². The Hall–Kier alpha value is -2.51. The van der Waals surface area contributed by atoms with Gasteiger partial charge in [0, 0.05) is 22.0 Å². The van der Waals surface area contributed by atoms with Crippen LogP contribution in [0, 0.1) is 0 Å². The molecule has 0 unspecified atom stereocenters. The average molecular weight is 310 g/mol. The van der Waals surface area contributed by atoms with Gasteiger partial charge in [0.2, 0.25) is 0 Å². The van der Waals surface area contributed by atoms with Crippen molar-refractivity contribution >= 4 is 23.1 Å². The lowest BCUT2D eigenvalue weighted by Gasteiger charge is -2.20. The smallest absolute Gasteiger partial charge is 0.171 e. The van der Waals surface area contributed by atoms with Crippen molar-refractivity contribution in [2.24, 2.45) is 0 Å². The Morgan fingerprint density at radius 2 is 1.00 bits per heavy atom. The number of benzene rings is 3. The van der Waals surface area contributed by atoms with Gasteiger partial charge in [-0.2, -0.15) is 0 Å². The number of rotatable bonds is 3. The van der Waals surface area contributed by atoms with Crippen molar-refractivity contribution in [1.29, 1.82) is 0 Å². The molecule has 3 rings (SSSR count). The molecule has 0 aliphatic rings. The van der Waals surface area contributed by atoms with Crippen LogP contribution < -0.4 is 15.9 Å². The molecule has 0 heterocycles. The third-order valence-electron chi connectivity index (χ3n) is 3.49. The summed E-state index contributed by atoms with van der Waals surface area (Å²) in [5.41, 5.74) is 0. The van der Waals surface area contributed by atoms with Crippen LogP contribution in [0.1, 0.15) is 0 Å². The molecular formula is C18H15O3P. The standard InChI is InChI=1S/C18H15O3P/c19-14-11-15(20)13-18(12-14)22(21,16-7-3-1-4-8-16)17-9-5-2-6-10-17/h1-13,19-20H. The van der Waals surface area contributed by atoms with E-state index in [0.29, 0.717) is 15.9 Å². The lowest BCUT2D eigenvalue weighted by Crippen LogP contribution is -2.24. The van der Waals surface area contributed by atoms with E-state index >= 15 is 0 Å². The van der Waals surface area contributed by atoms with Crippen LogP contribution in [0.15, 0.2) is 78.9 Å². The lowest BCUT2D eigenvalue weighted by molar-refractivity contribution is 0.451. The molecule has 0 amide bonds. The molecule has 0 aromatic heterocycles. The first-order chi connectivity index (χ1) is 10.6. The van der Waals surface area contributed by atoms with Crippen molar-refractivity contribution in [2.75, 3.05) is 0 Å². The van der Waals surface area contributed by atoms with Crippen LogP contribution >= 0.6 is 7.14 Å². The molecule has 4 heteroatoms. The van der Waals surface area contributed by atoms with Gasteiger partial charge in [0.25, 0.3) is 0 Å².